The van der Waals surface area contributed by atoms with Gasteiger partial charge in [0, 0.05) is 55.9 Å². The van der Waals surface area contributed by atoms with Gasteiger partial charge in [-0.25, -0.2) is 9.78 Å². The molecule has 128 valence electrons. The maximum absolute atomic E-state index is 12.3. The number of aryl methyl sites for hydroxylation is 2. The zero-order valence-corrected chi connectivity index (χ0v) is 15.0. The highest BCUT2D eigenvalue weighted by molar-refractivity contribution is 7.15. The maximum atomic E-state index is 12.3. The minimum Gasteiger partial charge on any atom is -0.345 e. The van der Waals surface area contributed by atoms with E-state index in [2.05, 4.69) is 27.1 Å². The number of carbonyl (C=O) groups is 1. The van der Waals surface area contributed by atoms with Crippen LogP contribution in [0.3, 0.4) is 0 Å². The van der Waals surface area contributed by atoms with E-state index in [9.17, 15) is 4.79 Å². The second-order valence-electron chi connectivity index (χ2n) is 5.92. The van der Waals surface area contributed by atoms with Crippen molar-refractivity contribution in [3.05, 3.63) is 40.7 Å². The SMILES string of the molecule is Cc1nc(N2CCN(C(=O)NCCc3ccccn3)CC2)sc1C. The summed E-state index contributed by atoms with van der Waals surface area (Å²) in [6, 6.07) is 5.85. The van der Waals surface area contributed by atoms with Crippen LogP contribution in [0.2, 0.25) is 0 Å². The number of hydrogen-bond donors (Lipinski definition) is 1. The standard InChI is InChI=1S/C17H23N5OS/c1-13-14(2)24-17(20-13)22-11-9-21(10-12-22)16(23)19-8-6-15-5-3-4-7-18-15/h3-5,7H,6,8-12H2,1-2H3,(H,19,23). The fourth-order valence-electron chi connectivity index (χ4n) is 2.65. The summed E-state index contributed by atoms with van der Waals surface area (Å²) in [7, 11) is 0. The first kappa shape index (κ1) is 16.7. The topological polar surface area (TPSA) is 61.4 Å². The average molecular weight is 345 g/mol. The van der Waals surface area contributed by atoms with Crippen LogP contribution in [0.15, 0.2) is 24.4 Å². The van der Waals surface area contributed by atoms with Crippen LogP contribution in [-0.4, -0.2) is 53.6 Å². The molecule has 6 nitrogen and oxygen atoms in total. The summed E-state index contributed by atoms with van der Waals surface area (Å²) in [5.41, 5.74) is 2.10. The number of amides is 2. The van der Waals surface area contributed by atoms with Crippen molar-refractivity contribution in [2.45, 2.75) is 20.3 Å². The number of urea groups is 1. The normalized spacial score (nSPS) is 14.8. The third kappa shape index (κ3) is 4.03. The van der Waals surface area contributed by atoms with Crippen LogP contribution in [0.4, 0.5) is 9.93 Å². The van der Waals surface area contributed by atoms with Gasteiger partial charge in [0.05, 0.1) is 5.69 Å². The van der Waals surface area contributed by atoms with Gasteiger partial charge in [0.2, 0.25) is 0 Å². The van der Waals surface area contributed by atoms with E-state index in [1.165, 1.54) is 4.88 Å². The highest BCUT2D eigenvalue weighted by atomic mass is 32.1. The Morgan fingerprint density at radius 1 is 1.25 bits per heavy atom. The number of aromatic nitrogens is 2. The lowest BCUT2D eigenvalue weighted by Gasteiger charge is -2.34. The second kappa shape index (κ2) is 7.61. The number of nitrogens with one attached hydrogen (secondary N) is 1. The van der Waals surface area contributed by atoms with Gasteiger partial charge in [-0.05, 0) is 26.0 Å². The van der Waals surface area contributed by atoms with E-state index in [0.29, 0.717) is 6.54 Å². The number of nitrogens with zero attached hydrogens (tertiary/aromatic N) is 4. The Morgan fingerprint density at radius 2 is 2.04 bits per heavy atom. The van der Waals surface area contributed by atoms with Crippen molar-refractivity contribution in [2.75, 3.05) is 37.6 Å². The quantitative estimate of drug-likeness (QED) is 0.923. The van der Waals surface area contributed by atoms with E-state index in [4.69, 9.17) is 0 Å². The summed E-state index contributed by atoms with van der Waals surface area (Å²) in [4.78, 5) is 26.5. The van der Waals surface area contributed by atoms with Gasteiger partial charge < -0.3 is 15.1 Å². The van der Waals surface area contributed by atoms with Gasteiger partial charge in [0.25, 0.3) is 0 Å². The predicted octanol–water partition coefficient (Wildman–Crippen LogP) is 2.23. The number of carbonyl (C=O) groups excluding carboxylic acids is 1. The molecule has 1 fully saturated rings. The van der Waals surface area contributed by atoms with Crippen molar-refractivity contribution < 1.29 is 4.79 Å². The van der Waals surface area contributed by atoms with Crippen molar-refractivity contribution in [3.63, 3.8) is 0 Å². The van der Waals surface area contributed by atoms with E-state index in [-0.39, 0.29) is 6.03 Å². The molecule has 3 rings (SSSR count). The van der Waals surface area contributed by atoms with E-state index in [1.54, 1.807) is 17.5 Å². The largest absolute Gasteiger partial charge is 0.345 e. The van der Waals surface area contributed by atoms with Crippen LogP contribution in [0, 0.1) is 13.8 Å². The van der Waals surface area contributed by atoms with Gasteiger partial charge in [-0.1, -0.05) is 6.07 Å². The van der Waals surface area contributed by atoms with Crippen molar-refractivity contribution in [2.24, 2.45) is 0 Å². The molecule has 1 aliphatic rings. The Kier molecular flexibility index (Phi) is 5.30. The van der Waals surface area contributed by atoms with Gasteiger partial charge >= 0.3 is 6.03 Å². The first-order chi connectivity index (χ1) is 11.6. The van der Waals surface area contributed by atoms with Crippen LogP contribution in [0.1, 0.15) is 16.3 Å². The average Bonchev–Trinajstić information content (AvgIpc) is 2.95. The molecular formula is C17H23N5OS. The molecule has 1 aliphatic heterocycles. The lowest BCUT2D eigenvalue weighted by molar-refractivity contribution is 0.194. The first-order valence-corrected chi connectivity index (χ1v) is 9.07. The van der Waals surface area contributed by atoms with Gasteiger partial charge in [-0.2, -0.15) is 0 Å². The number of thiazole rings is 1. The lowest BCUT2D eigenvalue weighted by Crippen LogP contribution is -2.52. The Morgan fingerprint density at radius 3 is 2.67 bits per heavy atom. The zero-order chi connectivity index (χ0) is 16.9. The Hall–Kier alpha value is -2.15. The molecule has 3 heterocycles. The van der Waals surface area contributed by atoms with E-state index in [0.717, 1.165) is 49.1 Å². The molecule has 2 aromatic rings. The molecule has 0 saturated carbocycles. The molecule has 2 amide bonds. The molecule has 0 radical (unpaired) electrons. The van der Waals surface area contributed by atoms with Crippen LogP contribution in [0.25, 0.3) is 0 Å². The molecule has 7 heteroatoms. The Bertz CT molecular complexity index is 660. The van der Waals surface area contributed by atoms with Gasteiger partial charge in [-0.3, -0.25) is 4.98 Å². The monoisotopic (exact) mass is 345 g/mol. The molecule has 1 saturated heterocycles. The highest BCUT2D eigenvalue weighted by Gasteiger charge is 2.22. The molecular weight excluding hydrogens is 322 g/mol. The molecule has 2 aromatic heterocycles. The Balaban J connectivity index is 1.43. The number of piperazine rings is 1. The summed E-state index contributed by atoms with van der Waals surface area (Å²) >= 11 is 1.73. The highest BCUT2D eigenvalue weighted by Crippen LogP contribution is 2.25. The fraction of sp³-hybridized carbons (Fsp3) is 0.471. The number of rotatable bonds is 4. The summed E-state index contributed by atoms with van der Waals surface area (Å²) in [5.74, 6) is 0. The summed E-state index contributed by atoms with van der Waals surface area (Å²) < 4.78 is 0. The molecule has 0 atom stereocenters. The van der Waals surface area contributed by atoms with E-state index >= 15 is 0 Å². The molecule has 0 spiro atoms. The number of pyridine rings is 1. The zero-order valence-electron chi connectivity index (χ0n) is 14.2. The van der Waals surface area contributed by atoms with Crippen LogP contribution >= 0.6 is 11.3 Å². The maximum Gasteiger partial charge on any atom is 0.317 e. The Labute approximate surface area is 146 Å². The third-order valence-electron chi connectivity index (χ3n) is 4.24. The second-order valence-corrected chi connectivity index (χ2v) is 7.10. The molecule has 24 heavy (non-hydrogen) atoms. The summed E-state index contributed by atoms with van der Waals surface area (Å²) in [6.45, 7) is 7.88. The van der Waals surface area contributed by atoms with Crippen LogP contribution < -0.4 is 10.2 Å². The summed E-state index contributed by atoms with van der Waals surface area (Å²) in [5, 5.41) is 4.05. The number of anilines is 1. The van der Waals surface area contributed by atoms with Crippen molar-refractivity contribution in [1.29, 1.82) is 0 Å². The van der Waals surface area contributed by atoms with Crippen molar-refractivity contribution >= 4 is 22.5 Å². The fourth-order valence-corrected chi connectivity index (χ4v) is 3.61. The minimum absolute atomic E-state index is 0.0112. The van der Waals surface area contributed by atoms with Crippen molar-refractivity contribution in [1.82, 2.24) is 20.2 Å². The third-order valence-corrected chi connectivity index (χ3v) is 5.37. The first-order valence-electron chi connectivity index (χ1n) is 8.25. The molecule has 0 bridgehead atoms. The smallest absolute Gasteiger partial charge is 0.317 e. The number of hydrogen-bond acceptors (Lipinski definition) is 5. The van der Waals surface area contributed by atoms with Gasteiger partial charge in [-0.15, -0.1) is 11.3 Å². The predicted molar refractivity (Wildman–Crippen MR) is 96.7 cm³/mol. The van der Waals surface area contributed by atoms with E-state index in [1.807, 2.05) is 30.0 Å². The van der Waals surface area contributed by atoms with Crippen molar-refractivity contribution in [3.8, 4) is 0 Å². The van der Waals surface area contributed by atoms with E-state index < -0.39 is 0 Å². The van der Waals surface area contributed by atoms with Gasteiger partial charge in [0.15, 0.2) is 5.13 Å². The molecule has 0 aliphatic carbocycles. The summed E-state index contributed by atoms with van der Waals surface area (Å²) in [6.07, 6.45) is 2.53. The molecule has 0 unspecified atom stereocenters. The minimum atomic E-state index is 0.0112. The molecule has 1 N–H and O–H groups in total. The van der Waals surface area contributed by atoms with Gasteiger partial charge in [0.1, 0.15) is 0 Å². The lowest BCUT2D eigenvalue weighted by atomic mass is 10.3. The molecule has 0 aromatic carbocycles. The van der Waals surface area contributed by atoms with Crippen LogP contribution in [-0.2, 0) is 6.42 Å². The van der Waals surface area contributed by atoms with Crippen LogP contribution in [0.5, 0.6) is 0 Å².